The fraction of sp³-hybridized carbons (Fsp3) is 0.667. The summed E-state index contributed by atoms with van der Waals surface area (Å²) in [5.74, 6) is 1.79. The van der Waals surface area contributed by atoms with E-state index in [0.717, 1.165) is 31.3 Å². The highest BCUT2D eigenvalue weighted by Gasteiger charge is 2.23. The number of amides is 1. The molecule has 0 bridgehead atoms. The quantitative estimate of drug-likeness (QED) is 0.834. The first-order valence-corrected chi connectivity index (χ1v) is 6.17. The van der Waals surface area contributed by atoms with E-state index in [9.17, 15) is 4.79 Å². The third-order valence-electron chi connectivity index (χ3n) is 3.39. The van der Waals surface area contributed by atoms with Crippen molar-refractivity contribution in [1.29, 1.82) is 0 Å². The summed E-state index contributed by atoms with van der Waals surface area (Å²) in [7, 11) is 0. The Balaban J connectivity index is 1.67. The second kappa shape index (κ2) is 3.92. The molecule has 0 unspecified atom stereocenters. The van der Waals surface area contributed by atoms with Crippen LogP contribution in [0.15, 0.2) is 6.20 Å². The van der Waals surface area contributed by atoms with Crippen molar-refractivity contribution in [3.63, 3.8) is 0 Å². The molecule has 2 aliphatic rings. The van der Waals surface area contributed by atoms with Gasteiger partial charge >= 0.3 is 0 Å². The number of carbonyl (C=O) groups excluding carboxylic acids is 1. The molecule has 1 aliphatic heterocycles. The van der Waals surface area contributed by atoms with Crippen molar-refractivity contribution in [3.8, 4) is 0 Å². The van der Waals surface area contributed by atoms with Crippen molar-refractivity contribution in [2.24, 2.45) is 5.92 Å². The van der Waals surface area contributed by atoms with Crippen LogP contribution in [0.5, 0.6) is 0 Å². The van der Waals surface area contributed by atoms with Crippen molar-refractivity contribution < 1.29 is 4.79 Å². The van der Waals surface area contributed by atoms with Crippen LogP contribution in [0.2, 0.25) is 0 Å². The zero-order valence-electron chi connectivity index (χ0n) is 9.41. The van der Waals surface area contributed by atoms with Gasteiger partial charge in [0.2, 0.25) is 0 Å². The Kier molecular flexibility index (Phi) is 2.42. The van der Waals surface area contributed by atoms with Gasteiger partial charge in [-0.25, -0.2) is 4.98 Å². The molecule has 86 valence electrons. The van der Waals surface area contributed by atoms with E-state index in [1.165, 1.54) is 25.7 Å². The van der Waals surface area contributed by atoms with Crippen molar-refractivity contribution in [2.45, 2.75) is 38.6 Å². The molecule has 1 aromatic rings. The topological polar surface area (TPSA) is 46.9 Å². The predicted octanol–water partition coefficient (Wildman–Crippen LogP) is 1.36. The molecule has 0 aromatic carbocycles. The highest BCUT2D eigenvalue weighted by molar-refractivity contribution is 5.92. The van der Waals surface area contributed by atoms with Crippen molar-refractivity contribution in [2.75, 3.05) is 6.54 Å². The van der Waals surface area contributed by atoms with E-state index in [1.807, 2.05) is 6.20 Å². The number of carbonyl (C=O) groups is 1. The molecule has 1 saturated carbocycles. The van der Waals surface area contributed by atoms with Crippen LogP contribution in [0.1, 0.15) is 42.0 Å². The van der Waals surface area contributed by atoms with E-state index in [1.54, 1.807) is 0 Å². The Bertz CT molecular complexity index is 383. The molecule has 16 heavy (non-hydrogen) atoms. The Morgan fingerprint density at radius 2 is 2.38 bits per heavy atom. The van der Waals surface area contributed by atoms with Crippen LogP contribution in [0, 0.1) is 5.92 Å². The molecular formula is C12H17N3O. The molecule has 1 fully saturated rings. The highest BCUT2D eigenvalue weighted by Crippen LogP contribution is 2.27. The van der Waals surface area contributed by atoms with E-state index >= 15 is 0 Å². The Labute approximate surface area is 95.1 Å². The fourth-order valence-corrected chi connectivity index (χ4v) is 2.17. The van der Waals surface area contributed by atoms with Gasteiger partial charge in [-0.05, 0) is 31.6 Å². The van der Waals surface area contributed by atoms with E-state index < -0.39 is 0 Å². The van der Waals surface area contributed by atoms with Gasteiger partial charge in [0.05, 0.1) is 0 Å². The van der Waals surface area contributed by atoms with E-state index in [2.05, 4.69) is 14.9 Å². The number of nitrogens with zero attached hydrogens (tertiary/aromatic N) is 2. The first kappa shape index (κ1) is 9.87. The van der Waals surface area contributed by atoms with Crippen molar-refractivity contribution in [1.82, 2.24) is 14.9 Å². The van der Waals surface area contributed by atoms with Crippen LogP contribution in [-0.2, 0) is 13.0 Å². The summed E-state index contributed by atoms with van der Waals surface area (Å²) >= 11 is 0. The first-order chi connectivity index (χ1) is 7.83. The zero-order chi connectivity index (χ0) is 11.0. The highest BCUT2D eigenvalue weighted by atomic mass is 16.1. The van der Waals surface area contributed by atoms with Crippen molar-refractivity contribution in [3.05, 3.63) is 17.7 Å². The normalized spacial score (nSPS) is 19.2. The largest absolute Gasteiger partial charge is 0.350 e. The molecule has 2 heterocycles. The zero-order valence-corrected chi connectivity index (χ0v) is 9.41. The van der Waals surface area contributed by atoms with Crippen LogP contribution >= 0.6 is 0 Å². The lowest BCUT2D eigenvalue weighted by Gasteiger charge is -2.11. The second-order valence-electron chi connectivity index (χ2n) is 4.85. The third kappa shape index (κ3) is 1.96. The number of imidazole rings is 1. The van der Waals surface area contributed by atoms with Crippen LogP contribution in [0.3, 0.4) is 0 Å². The van der Waals surface area contributed by atoms with Gasteiger partial charge in [0, 0.05) is 25.7 Å². The lowest BCUT2D eigenvalue weighted by atomic mass is 10.2. The van der Waals surface area contributed by atoms with Gasteiger partial charge < -0.3 is 9.88 Å². The monoisotopic (exact) mass is 219 g/mol. The van der Waals surface area contributed by atoms with Crippen LogP contribution in [0.25, 0.3) is 0 Å². The Morgan fingerprint density at radius 3 is 3.12 bits per heavy atom. The second-order valence-corrected chi connectivity index (χ2v) is 4.85. The number of hydrogen-bond donors (Lipinski definition) is 1. The molecule has 0 spiro atoms. The SMILES string of the molecule is O=C(NCC1CC1)c1cn2c(n1)CCCC2. The summed E-state index contributed by atoms with van der Waals surface area (Å²) in [5.41, 5.74) is 0.595. The van der Waals surface area contributed by atoms with Gasteiger partial charge in [0.15, 0.2) is 0 Å². The molecule has 0 saturated heterocycles. The average Bonchev–Trinajstić information content (AvgIpc) is 3.02. The molecule has 1 aliphatic carbocycles. The fourth-order valence-electron chi connectivity index (χ4n) is 2.17. The number of aromatic nitrogens is 2. The third-order valence-corrected chi connectivity index (χ3v) is 3.39. The number of fused-ring (bicyclic) bond motifs is 1. The van der Waals surface area contributed by atoms with Gasteiger partial charge in [-0.2, -0.15) is 0 Å². The summed E-state index contributed by atoms with van der Waals surface area (Å²) in [6.07, 6.45) is 7.83. The average molecular weight is 219 g/mol. The molecule has 3 rings (SSSR count). The van der Waals surface area contributed by atoms with E-state index in [-0.39, 0.29) is 5.91 Å². The molecule has 1 N–H and O–H groups in total. The molecular weight excluding hydrogens is 202 g/mol. The van der Waals surface area contributed by atoms with E-state index in [4.69, 9.17) is 0 Å². The number of rotatable bonds is 3. The van der Waals surface area contributed by atoms with Gasteiger partial charge in [0.25, 0.3) is 5.91 Å². The van der Waals surface area contributed by atoms with Crippen LogP contribution in [-0.4, -0.2) is 22.0 Å². The molecule has 0 atom stereocenters. The Hall–Kier alpha value is -1.32. The molecule has 1 amide bonds. The van der Waals surface area contributed by atoms with Gasteiger partial charge in [-0.15, -0.1) is 0 Å². The number of aryl methyl sites for hydroxylation is 2. The van der Waals surface area contributed by atoms with Crippen LogP contribution < -0.4 is 5.32 Å². The van der Waals surface area contributed by atoms with Gasteiger partial charge in [0.1, 0.15) is 11.5 Å². The summed E-state index contributed by atoms with van der Waals surface area (Å²) < 4.78 is 2.12. The van der Waals surface area contributed by atoms with Gasteiger partial charge in [-0.1, -0.05) is 0 Å². The maximum Gasteiger partial charge on any atom is 0.271 e. The number of hydrogen-bond acceptors (Lipinski definition) is 2. The minimum absolute atomic E-state index is 0.00574. The first-order valence-electron chi connectivity index (χ1n) is 6.17. The smallest absolute Gasteiger partial charge is 0.271 e. The van der Waals surface area contributed by atoms with Gasteiger partial charge in [-0.3, -0.25) is 4.79 Å². The molecule has 0 radical (unpaired) electrons. The number of nitrogens with one attached hydrogen (secondary N) is 1. The maximum absolute atomic E-state index is 11.8. The molecule has 1 aromatic heterocycles. The summed E-state index contributed by atoms with van der Waals surface area (Å²) in [6, 6.07) is 0. The maximum atomic E-state index is 11.8. The predicted molar refractivity (Wildman–Crippen MR) is 60.2 cm³/mol. The van der Waals surface area contributed by atoms with Crippen LogP contribution in [0.4, 0.5) is 0 Å². The van der Waals surface area contributed by atoms with E-state index in [0.29, 0.717) is 5.69 Å². The summed E-state index contributed by atoms with van der Waals surface area (Å²) in [4.78, 5) is 16.2. The van der Waals surface area contributed by atoms with Crippen molar-refractivity contribution >= 4 is 5.91 Å². The lowest BCUT2D eigenvalue weighted by molar-refractivity contribution is 0.0947. The minimum Gasteiger partial charge on any atom is -0.350 e. The molecule has 4 nitrogen and oxygen atoms in total. The summed E-state index contributed by atoms with van der Waals surface area (Å²) in [6.45, 7) is 1.83. The lowest BCUT2D eigenvalue weighted by Crippen LogP contribution is -2.25. The molecule has 4 heteroatoms. The summed E-state index contributed by atoms with van der Waals surface area (Å²) in [5, 5.41) is 2.96. The Morgan fingerprint density at radius 1 is 1.50 bits per heavy atom. The minimum atomic E-state index is -0.00574. The standard InChI is InChI=1S/C12H17N3O/c16-12(13-7-9-4-5-9)10-8-15-6-2-1-3-11(15)14-10/h8-9H,1-7H2,(H,13,16).